The van der Waals surface area contributed by atoms with Gasteiger partial charge in [0.2, 0.25) is 5.13 Å². The van der Waals surface area contributed by atoms with Crippen LogP contribution in [0.4, 0.5) is 5.13 Å². The van der Waals surface area contributed by atoms with Gasteiger partial charge in [-0.15, -0.1) is 10.2 Å². The Morgan fingerprint density at radius 3 is 3.05 bits per heavy atom. The Bertz CT molecular complexity index is 585. The molecule has 0 amide bonds. The van der Waals surface area contributed by atoms with Crippen molar-refractivity contribution >= 4 is 16.5 Å². The third-order valence-corrected chi connectivity index (χ3v) is 5.04. The Hall–Kier alpha value is -1.53. The van der Waals surface area contributed by atoms with Crippen molar-refractivity contribution in [1.29, 1.82) is 0 Å². The Labute approximate surface area is 136 Å². The molecule has 1 aliphatic heterocycles. The minimum absolute atomic E-state index is 0.735. The van der Waals surface area contributed by atoms with Crippen LogP contribution in [0.15, 0.2) is 24.4 Å². The zero-order chi connectivity index (χ0) is 15.4. The average Bonchev–Trinajstić information content (AvgIpc) is 3.17. The van der Waals surface area contributed by atoms with Crippen LogP contribution in [0.1, 0.15) is 19.8 Å². The van der Waals surface area contributed by atoms with E-state index in [-0.39, 0.29) is 0 Å². The van der Waals surface area contributed by atoms with Crippen molar-refractivity contribution in [1.82, 2.24) is 20.1 Å². The second-order valence-electron chi connectivity index (χ2n) is 5.97. The first kappa shape index (κ1) is 15.4. The van der Waals surface area contributed by atoms with Crippen LogP contribution in [0, 0.1) is 5.92 Å². The molecule has 1 aliphatic rings. The van der Waals surface area contributed by atoms with Crippen LogP contribution in [0.3, 0.4) is 0 Å². The minimum Gasteiger partial charge on any atom is -0.346 e. The molecule has 0 aromatic carbocycles. The SMILES string of the molecule is CCCN(C)CC1CCN(c2nnc(-c3ccccn3)s2)C1. The predicted molar refractivity (Wildman–Crippen MR) is 91.2 cm³/mol. The van der Waals surface area contributed by atoms with E-state index in [0.29, 0.717) is 0 Å². The largest absolute Gasteiger partial charge is 0.346 e. The molecule has 1 saturated heterocycles. The first-order valence-electron chi connectivity index (χ1n) is 7.94. The Kier molecular flexibility index (Phi) is 5.00. The van der Waals surface area contributed by atoms with E-state index in [0.717, 1.165) is 34.8 Å². The summed E-state index contributed by atoms with van der Waals surface area (Å²) in [6.45, 7) is 6.76. The van der Waals surface area contributed by atoms with Gasteiger partial charge in [0.25, 0.3) is 0 Å². The van der Waals surface area contributed by atoms with E-state index in [1.807, 2.05) is 18.2 Å². The molecule has 118 valence electrons. The van der Waals surface area contributed by atoms with Gasteiger partial charge >= 0.3 is 0 Å². The molecular formula is C16H23N5S. The third kappa shape index (κ3) is 3.62. The highest BCUT2D eigenvalue weighted by Crippen LogP contribution is 2.30. The molecule has 1 unspecified atom stereocenters. The molecule has 0 saturated carbocycles. The predicted octanol–water partition coefficient (Wildman–Crippen LogP) is 2.77. The number of pyridine rings is 1. The van der Waals surface area contributed by atoms with Gasteiger partial charge in [-0.25, -0.2) is 0 Å². The fourth-order valence-electron chi connectivity index (χ4n) is 3.01. The van der Waals surface area contributed by atoms with E-state index in [2.05, 4.69) is 39.0 Å². The first-order valence-corrected chi connectivity index (χ1v) is 8.76. The lowest BCUT2D eigenvalue weighted by molar-refractivity contribution is 0.287. The number of nitrogens with zero attached hydrogens (tertiary/aromatic N) is 5. The van der Waals surface area contributed by atoms with Crippen LogP contribution in [-0.2, 0) is 0 Å². The molecule has 2 aromatic rings. The first-order chi connectivity index (χ1) is 10.8. The third-order valence-electron chi connectivity index (χ3n) is 4.03. The molecule has 6 heteroatoms. The quantitative estimate of drug-likeness (QED) is 0.820. The van der Waals surface area contributed by atoms with Crippen LogP contribution in [-0.4, -0.2) is 53.3 Å². The molecular weight excluding hydrogens is 294 g/mol. The standard InChI is InChI=1S/C16H23N5S/c1-3-9-20(2)11-13-7-10-21(12-13)16-19-18-15(22-16)14-6-4-5-8-17-14/h4-6,8,13H,3,7,9-12H2,1-2H3. The molecule has 0 radical (unpaired) electrons. The van der Waals surface area contributed by atoms with Crippen molar-refractivity contribution in [3.63, 3.8) is 0 Å². The summed E-state index contributed by atoms with van der Waals surface area (Å²) in [6, 6.07) is 5.89. The van der Waals surface area contributed by atoms with Crippen LogP contribution in [0.25, 0.3) is 10.7 Å². The lowest BCUT2D eigenvalue weighted by Crippen LogP contribution is -2.28. The highest BCUT2D eigenvalue weighted by molar-refractivity contribution is 7.18. The summed E-state index contributed by atoms with van der Waals surface area (Å²) in [7, 11) is 2.22. The highest BCUT2D eigenvalue weighted by atomic mass is 32.1. The lowest BCUT2D eigenvalue weighted by atomic mass is 10.1. The number of anilines is 1. The number of rotatable bonds is 6. The van der Waals surface area contributed by atoms with Crippen LogP contribution >= 0.6 is 11.3 Å². The molecule has 0 spiro atoms. The number of hydrogen-bond donors (Lipinski definition) is 0. The maximum Gasteiger partial charge on any atom is 0.208 e. The summed E-state index contributed by atoms with van der Waals surface area (Å²) < 4.78 is 0. The van der Waals surface area contributed by atoms with Crippen molar-refractivity contribution in [3.8, 4) is 10.7 Å². The second-order valence-corrected chi connectivity index (χ2v) is 6.92. The van der Waals surface area contributed by atoms with Gasteiger partial charge in [-0.1, -0.05) is 24.3 Å². The van der Waals surface area contributed by atoms with Crippen LogP contribution in [0.5, 0.6) is 0 Å². The van der Waals surface area contributed by atoms with Crippen molar-refractivity contribution in [2.24, 2.45) is 5.92 Å². The fraction of sp³-hybridized carbons (Fsp3) is 0.562. The van der Waals surface area contributed by atoms with Crippen molar-refractivity contribution < 1.29 is 0 Å². The summed E-state index contributed by atoms with van der Waals surface area (Å²) in [5.74, 6) is 0.735. The fourth-order valence-corrected chi connectivity index (χ4v) is 3.86. The van der Waals surface area contributed by atoms with E-state index >= 15 is 0 Å². The molecule has 2 aromatic heterocycles. The van der Waals surface area contributed by atoms with E-state index in [1.54, 1.807) is 17.5 Å². The molecule has 5 nitrogen and oxygen atoms in total. The van der Waals surface area contributed by atoms with Gasteiger partial charge < -0.3 is 9.80 Å². The van der Waals surface area contributed by atoms with E-state index in [1.165, 1.54) is 25.9 Å². The molecule has 0 bridgehead atoms. The maximum atomic E-state index is 4.37. The summed E-state index contributed by atoms with van der Waals surface area (Å²) >= 11 is 1.64. The van der Waals surface area contributed by atoms with Gasteiger partial charge in [0.1, 0.15) is 5.69 Å². The summed E-state index contributed by atoms with van der Waals surface area (Å²) in [5, 5.41) is 10.6. The van der Waals surface area contributed by atoms with Gasteiger partial charge in [0.15, 0.2) is 5.01 Å². The van der Waals surface area contributed by atoms with Crippen molar-refractivity contribution in [3.05, 3.63) is 24.4 Å². The van der Waals surface area contributed by atoms with E-state index in [4.69, 9.17) is 0 Å². The van der Waals surface area contributed by atoms with Gasteiger partial charge in [-0.3, -0.25) is 4.98 Å². The molecule has 3 heterocycles. The van der Waals surface area contributed by atoms with Crippen LogP contribution < -0.4 is 4.90 Å². The highest BCUT2D eigenvalue weighted by Gasteiger charge is 2.26. The summed E-state index contributed by atoms with van der Waals surface area (Å²) in [4.78, 5) is 9.15. The van der Waals surface area contributed by atoms with Gasteiger partial charge in [0, 0.05) is 25.8 Å². The van der Waals surface area contributed by atoms with Crippen molar-refractivity contribution in [2.45, 2.75) is 19.8 Å². The molecule has 1 fully saturated rings. The molecule has 0 aliphatic carbocycles. The minimum atomic E-state index is 0.735. The van der Waals surface area contributed by atoms with Gasteiger partial charge in [0.05, 0.1) is 0 Å². The van der Waals surface area contributed by atoms with Crippen molar-refractivity contribution in [2.75, 3.05) is 38.1 Å². The molecule has 3 rings (SSSR count). The topological polar surface area (TPSA) is 45.2 Å². The molecule has 1 atom stereocenters. The average molecular weight is 317 g/mol. The second kappa shape index (κ2) is 7.15. The summed E-state index contributed by atoms with van der Waals surface area (Å²) in [5.41, 5.74) is 0.907. The maximum absolute atomic E-state index is 4.37. The Morgan fingerprint density at radius 1 is 1.36 bits per heavy atom. The molecule has 22 heavy (non-hydrogen) atoms. The lowest BCUT2D eigenvalue weighted by Gasteiger charge is -2.20. The zero-order valence-corrected chi connectivity index (χ0v) is 14.1. The van der Waals surface area contributed by atoms with E-state index < -0.39 is 0 Å². The van der Waals surface area contributed by atoms with E-state index in [9.17, 15) is 0 Å². The van der Waals surface area contributed by atoms with Gasteiger partial charge in [-0.2, -0.15) is 0 Å². The van der Waals surface area contributed by atoms with Crippen LogP contribution in [0.2, 0.25) is 0 Å². The normalized spacial score (nSPS) is 18.3. The smallest absolute Gasteiger partial charge is 0.208 e. The van der Waals surface area contributed by atoms with Gasteiger partial charge in [-0.05, 0) is 44.5 Å². The number of hydrogen-bond acceptors (Lipinski definition) is 6. The molecule has 0 N–H and O–H groups in total. The Balaban J connectivity index is 1.61. The monoisotopic (exact) mass is 317 g/mol. The zero-order valence-electron chi connectivity index (χ0n) is 13.3. The Morgan fingerprint density at radius 2 is 2.27 bits per heavy atom. The summed E-state index contributed by atoms with van der Waals surface area (Å²) in [6.07, 6.45) is 4.26. The number of aromatic nitrogens is 3.